The molecule has 0 unspecified atom stereocenters. The molecule has 4 heteroatoms. The van der Waals surface area contributed by atoms with Crippen LogP contribution >= 0.6 is 15.9 Å². The fraction of sp³-hybridized carbons (Fsp3) is 0.385. The number of rotatable bonds is 5. The molecule has 0 bridgehead atoms. The summed E-state index contributed by atoms with van der Waals surface area (Å²) in [6.45, 7) is 4.20. The van der Waals surface area contributed by atoms with Crippen LogP contribution in [0.15, 0.2) is 30.5 Å². The second-order valence-electron chi connectivity index (χ2n) is 3.87. The van der Waals surface area contributed by atoms with Crippen LogP contribution in [0.2, 0.25) is 0 Å². The number of fused-ring (bicyclic) bond motifs is 1. The monoisotopic (exact) mass is 293 g/mol. The molecule has 0 N–H and O–H groups in total. The third-order valence-corrected chi connectivity index (χ3v) is 3.37. The molecule has 1 heterocycles. The van der Waals surface area contributed by atoms with E-state index in [1.54, 1.807) is 0 Å². The molecule has 2 rings (SSSR count). The molecule has 0 spiro atoms. The van der Waals surface area contributed by atoms with E-state index in [2.05, 4.69) is 44.0 Å². The van der Waals surface area contributed by atoms with E-state index >= 15 is 0 Å². The second-order valence-corrected chi connectivity index (χ2v) is 4.66. The smallest absolute Gasteiger partial charge is 0.0950 e. The highest BCUT2D eigenvalue weighted by molar-refractivity contribution is 9.09. The summed E-state index contributed by atoms with van der Waals surface area (Å²) in [5.41, 5.74) is 2.14. The van der Waals surface area contributed by atoms with Crippen molar-refractivity contribution >= 4 is 32.5 Å². The maximum Gasteiger partial charge on any atom is 0.0950 e. The van der Waals surface area contributed by atoms with Crippen LogP contribution in [0.4, 0.5) is 5.69 Å². The molecule has 0 radical (unpaired) electrons. The van der Waals surface area contributed by atoms with Gasteiger partial charge in [-0.1, -0.05) is 34.1 Å². The fourth-order valence-corrected chi connectivity index (χ4v) is 2.20. The quantitative estimate of drug-likeness (QED) is 0.793. The molecule has 0 aliphatic carbocycles. The molecule has 0 aliphatic rings. The highest BCUT2D eigenvalue weighted by atomic mass is 79.9. The van der Waals surface area contributed by atoms with Crippen LogP contribution in [-0.2, 0) is 0 Å². The second kappa shape index (κ2) is 5.96. The number of hydrogen-bond donors (Lipinski definition) is 0. The van der Waals surface area contributed by atoms with Crippen molar-refractivity contribution in [1.82, 2.24) is 10.2 Å². The van der Waals surface area contributed by atoms with Crippen LogP contribution < -0.4 is 4.90 Å². The van der Waals surface area contributed by atoms with Crippen LogP contribution in [0.1, 0.15) is 13.3 Å². The average Bonchev–Trinajstić information content (AvgIpc) is 2.40. The lowest BCUT2D eigenvalue weighted by Gasteiger charge is -2.23. The third-order valence-electron chi connectivity index (χ3n) is 2.81. The first-order valence-corrected chi connectivity index (χ1v) is 7.00. The Bertz CT molecular complexity index is 482. The van der Waals surface area contributed by atoms with Crippen molar-refractivity contribution in [1.29, 1.82) is 0 Å². The zero-order valence-corrected chi connectivity index (χ0v) is 11.5. The molecular weight excluding hydrogens is 278 g/mol. The van der Waals surface area contributed by atoms with Crippen molar-refractivity contribution in [3.8, 4) is 0 Å². The number of aromatic nitrogens is 2. The average molecular weight is 294 g/mol. The first kappa shape index (κ1) is 12.3. The van der Waals surface area contributed by atoms with Gasteiger partial charge in [0, 0.05) is 23.8 Å². The largest absolute Gasteiger partial charge is 0.370 e. The number of anilines is 1. The Morgan fingerprint density at radius 2 is 2.12 bits per heavy atom. The minimum atomic E-state index is 0.960. The van der Waals surface area contributed by atoms with Gasteiger partial charge in [0.25, 0.3) is 0 Å². The molecule has 3 nitrogen and oxygen atoms in total. The van der Waals surface area contributed by atoms with E-state index < -0.39 is 0 Å². The van der Waals surface area contributed by atoms with Crippen LogP contribution in [0.5, 0.6) is 0 Å². The van der Waals surface area contributed by atoms with E-state index in [0.717, 1.165) is 30.4 Å². The summed E-state index contributed by atoms with van der Waals surface area (Å²) in [6, 6.07) is 8.15. The van der Waals surface area contributed by atoms with E-state index in [-0.39, 0.29) is 0 Å². The molecule has 0 atom stereocenters. The summed E-state index contributed by atoms with van der Waals surface area (Å²) < 4.78 is 0. The van der Waals surface area contributed by atoms with Crippen molar-refractivity contribution in [2.75, 3.05) is 23.3 Å². The van der Waals surface area contributed by atoms with Crippen LogP contribution in [0, 0.1) is 0 Å². The predicted octanol–water partition coefficient (Wildman–Crippen LogP) is 3.24. The number of halogens is 1. The topological polar surface area (TPSA) is 29.0 Å². The highest BCUT2D eigenvalue weighted by Crippen LogP contribution is 2.23. The Labute approximate surface area is 110 Å². The lowest BCUT2D eigenvalue weighted by Crippen LogP contribution is -2.24. The zero-order chi connectivity index (χ0) is 12.1. The number of nitrogens with zero attached hydrogens (tertiary/aromatic N) is 3. The SMILES string of the molecule is CCN(CCCBr)c1cnnc2ccccc12. The summed E-state index contributed by atoms with van der Waals surface area (Å²) in [4.78, 5) is 2.35. The summed E-state index contributed by atoms with van der Waals surface area (Å²) in [5.74, 6) is 0. The van der Waals surface area contributed by atoms with Gasteiger partial charge in [0.1, 0.15) is 0 Å². The van der Waals surface area contributed by atoms with Gasteiger partial charge in [-0.25, -0.2) is 0 Å². The molecule has 90 valence electrons. The number of alkyl halides is 1. The lowest BCUT2D eigenvalue weighted by molar-refractivity contribution is 0.798. The van der Waals surface area contributed by atoms with E-state index in [4.69, 9.17) is 0 Å². The Morgan fingerprint density at radius 3 is 2.88 bits per heavy atom. The van der Waals surface area contributed by atoms with Gasteiger partial charge in [-0.15, -0.1) is 0 Å². The molecule has 0 aliphatic heterocycles. The molecule has 2 aromatic rings. The lowest BCUT2D eigenvalue weighted by atomic mass is 10.2. The predicted molar refractivity (Wildman–Crippen MR) is 75.8 cm³/mol. The Morgan fingerprint density at radius 1 is 1.29 bits per heavy atom. The minimum Gasteiger partial charge on any atom is -0.370 e. The first-order chi connectivity index (χ1) is 8.36. The zero-order valence-electron chi connectivity index (χ0n) is 9.93. The standard InChI is InChI=1S/C13H16BrN3/c1-2-17(9-5-8-14)13-10-15-16-12-7-4-3-6-11(12)13/h3-4,6-7,10H,2,5,8-9H2,1H3. The van der Waals surface area contributed by atoms with E-state index in [1.807, 2.05) is 24.4 Å². The molecule has 1 aromatic heterocycles. The van der Waals surface area contributed by atoms with Gasteiger partial charge >= 0.3 is 0 Å². The molecule has 0 saturated carbocycles. The molecule has 1 aromatic carbocycles. The van der Waals surface area contributed by atoms with Gasteiger partial charge in [-0.05, 0) is 19.4 Å². The van der Waals surface area contributed by atoms with Crippen molar-refractivity contribution < 1.29 is 0 Å². The van der Waals surface area contributed by atoms with Gasteiger partial charge in [0.05, 0.1) is 17.4 Å². The molecule has 0 saturated heterocycles. The van der Waals surface area contributed by atoms with Crippen LogP contribution in [-0.4, -0.2) is 28.6 Å². The normalized spacial score (nSPS) is 10.7. The van der Waals surface area contributed by atoms with Gasteiger partial charge in [-0.3, -0.25) is 0 Å². The van der Waals surface area contributed by atoms with E-state index in [9.17, 15) is 0 Å². The maximum absolute atomic E-state index is 4.15. The summed E-state index contributed by atoms with van der Waals surface area (Å²) in [7, 11) is 0. The van der Waals surface area contributed by atoms with Gasteiger partial charge in [-0.2, -0.15) is 10.2 Å². The van der Waals surface area contributed by atoms with Crippen molar-refractivity contribution in [3.05, 3.63) is 30.5 Å². The van der Waals surface area contributed by atoms with Gasteiger partial charge < -0.3 is 4.90 Å². The highest BCUT2D eigenvalue weighted by Gasteiger charge is 2.08. The van der Waals surface area contributed by atoms with Gasteiger partial charge in [0.15, 0.2) is 0 Å². The first-order valence-electron chi connectivity index (χ1n) is 5.88. The summed E-state index contributed by atoms with van der Waals surface area (Å²) >= 11 is 3.47. The van der Waals surface area contributed by atoms with Gasteiger partial charge in [0.2, 0.25) is 0 Å². The van der Waals surface area contributed by atoms with Crippen molar-refractivity contribution in [2.45, 2.75) is 13.3 Å². The van der Waals surface area contributed by atoms with Crippen LogP contribution in [0.25, 0.3) is 10.9 Å². The fourth-order valence-electron chi connectivity index (χ4n) is 1.94. The van der Waals surface area contributed by atoms with E-state index in [0.29, 0.717) is 0 Å². The minimum absolute atomic E-state index is 0.960. The van der Waals surface area contributed by atoms with Crippen molar-refractivity contribution in [2.24, 2.45) is 0 Å². The number of benzene rings is 1. The third kappa shape index (κ3) is 2.75. The Hall–Kier alpha value is -1.16. The maximum atomic E-state index is 4.15. The summed E-state index contributed by atoms with van der Waals surface area (Å²) in [5, 5.41) is 10.4. The molecule has 17 heavy (non-hydrogen) atoms. The van der Waals surface area contributed by atoms with E-state index in [1.165, 1.54) is 11.1 Å². The Kier molecular flexibility index (Phi) is 4.31. The molecule has 0 fully saturated rings. The summed E-state index contributed by atoms with van der Waals surface area (Å²) in [6.07, 6.45) is 2.99. The molecular formula is C13H16BrN3. The Balaban J connectivity index is 2.38. The number of hydrogen-bond acceptors (Lipinski definition) is 3. The van der Waals surface area contributed by atoms with Crippen LogP contribution in [0.3, 0.4) is 0 Å². The van der Waals surface area contributed by atoms with Crippen molar-refractivity contribution in [3.63, 3.8) is 0 Å². The molecule has 0 amide bonds.